The molecule has 0 fully saturated rings. The number of hydrogen-bond acceptors (Lipinski definition) is 6. The molecule has 0 atom stereocenters. The number of nitrogens with one attached hydrogen (secondary N) is 2. The molecule has 1 heterocycles. The third kappa shape index (κ3) is 6.73. The van der Waals surface area contributed by atoms with Crippen LogP contribution < -0.4 is 10.0 Å². The zero-order valence-corrected chi connectivity index (χ0v) is 19.3. The van der Waals surface area contributed by atoms with Crippen LogP contribution in [0.4, 0.5) is 0 Å². The maximum absolute atomic E-state index is 12.2. The number of benzene rings is 2. The van der Waals surface area contributed by atoms with Gasteiger partial charge in [0.15, 0.2) is 0 Å². The molecule has 0 unspecified atom stereocenters. The first-order valence-electron chi connectivity index (χ1n) is 10.4. The fourth-order valence-corrected chi connectivity index (χ4v) is 3.82. The smallest absolute Gasteiger partial charge is 0.227 e. The number of sulfonamides is 1. The van der Waals surface area contributed by atoms with E-state index in [0.717, 1.165) is 11.1 Å². The maximum atomic E-state index is 12.2. The van der Waals surface area contributed by atoms with Crippen LogP contribution in [0, 0.1) is 0 Å². The molecule has 9 heteroatoms. The minimum absolute atomic E-state index is 0.0792. The number of rotatable bonds is 10. The van der Waals surface area contributed by atoms with E-state index >= 15 is 0 Å². The number of aryl methyl sites for hydroxylation is 1. The van der Waals surface area contributed by atoms with Crippen molar-refractivity contribution < 1.29 is 17.7 Å². The molecule has 0 radical (unpaired) electrons. The minimum Gasteiger partial charge on any atom is -0.352 e. The molecule has 1 amide bonds. The van der Waals surface area contributed by atoms with Gasteiger partial charge in [0.1, 0.15) is 0 Å². The highest BCUT2D eigenvalue weighted by molar-refractivity contribution is 7.88. The van der Waals surface area contributed by atoms with Crippen LogP contribution in [0.2, 0.25) is 0 Å². The Bertz CT molecular complexity index is 1140. The lowest BCUT2D eigenvalue weighted by Crippen LogP contribution is -2.23. The van der Waals surface area contributed by atoms with E-state index < -0.39 is 10.0 Å². The van der Waals surface area contributed by atoms with Crippen molar-refractivity contribution in [2.75, 3.05) is 7.05 Å². The number of carbonyl (C=O) groups excluding carboxylic acids is 1. The summed E-state index contributed by atoms with van der Waals surface area (Å²) in [7, 11) is -1.92. The number of amides is 1. The van der Waals surface area contributed by atoms with Gasteiger partial charge in [-0.25, -0.2) is 13.1 Å². The summed E-state index contributed by atoms with van der Waals surface area (Å²) in [5.41, 5.74) is 3.68. The van der Waals surface area contributed by atoms with Gasteiger partial charge in [0.25, 0.3) is 0 Å². The van der Waals surface area contributed by atoms with Crippen molar-refractivity contribution in [1.82, 2.24) is 20.2 Å². The van der Waals surface area contributed by atoms with Crippen LogP contribution in [0.3, 0.4) is 0 Å². The number of carbonyl (C=O) groups is 1. The molecular formula is C23H28N4O4S. The minimum atomic E-state index is -3.31. The largest absolute Gasteiger partial charge is 0.352 e. The number of nitrogens with zero attached hydrogens (tertiary/aromatic N) is 2. The molecular weight excluding hydrogens is 428 g/mol. The van der Waals surface area contributed by atoms with E-state index in [1.807, 2.05) is 12.1 Å². The normalized spacial score (nSPS) is 11.6. The van der Waals surface area contributed by atoms with Crippen LogP contribution in [-0.2, 0) is 33.5 Å². The molecule has 3 aromatic rings. The Hall–Kier alpha value is -3.04. The van der Waals surface area contributed by atoms with Gasteiger partial charge in [0.05, 0.1) is 5.75 Å². The first kappa shape index (κ1) is 23.6. The highest BCUT2D eigenvalue weighted by atomic mass is 32.2. The predicted octanol–water partition coefficient (Wildman–Crippen LogP) is 3.16. The molecule has 2 N–H and O–H groups in total. The third-order valence-electron chi connectivity index (χ3n) is 5.05. The van der Waals surface area contributed by atoms with E-state index in [1.165, 1.54) is 12.6 Å². The van der Waals surface area contributed by atoms with Crippen LogP contribution in [0.15, 0.2) is 53.1 Å². The Labute approximate surface area is 188 Å². The first-order chi connectivity index (χ1) is 15.3. The third-order valence-corrected chi connectivity index (χ3v) is 6.39. The van der Waals surface area contributed by atoms with Crippen LogP contribution in [0.5, 0.6) is 0 Å². The highest BCUT2D eigenvalue weighted by Crippen LogP contribution is 2.20. The van der Waals surface area contributed by atoms with Gasteiger partial charge in [-0.3, -0.25) is 4.79 Å². The maximum Gasteiger partial charge on any atom is 0.227 e. The molecule has 0 spiro atoms. The highest BCUT2D eigenvalue weighted by Gasteiger charge is 2.12. The van der Waals surface area contributed by atoms with Gasteiger partial charge in [-0.15, -0.1) is 0 Å². The zero-order valence-electron chi connectivity index (χ0n) is 18.5. The van der Waals surface area contributed by atoms with Gasteiger partial charge >= 0.3 is 0 Å². The van der Waals surface area contributed by atoms with E-state index in [-0.39, 0.29) is 18.1 Å². The second-order valence-electron chi connectivity index (χ2n) is 7.84. The van der Waals surface area contributed by atoms with E-state index in [2.05, 4.69) is 46.2 Å². The number of aromatic nitrogens is 2. The Morgan fingerprint density at radius 2 is 1.69 bits per heavy atom. The van der Waals surface area contributed by atoms with Gasteiger partial charge in [-0.2, -0.15) is 4.98 Å². The zero-order chi connectivity index (χ0) is 23.1. The predicted molar refractivity (Wildman–Crippen MR) is 122 cm³/mol. The Morgan fingerprint density at radius 1 is 1.03 bits per heavy atom. The Kier molecular flexibility index (Phi) is 7.76. The summed E-state index contributed by atoms with van der Waals surface area (Å²) in [4.78, 5) is 16.6. The summed E-state index contributed by atoms with van der Waals surface area (Å²) in [5, 5.41) is 6.85. The average Bonchev–Trinajstić information content (AvgIpc) is 3.26. The Balaban J connectivity index is 1.46. The summed E-state index contributed by atoms with van der Waals surface area (Å²) in [6.45, 7) is 4.63. The molecule has 0 aliphatic carbocycles. The molecule has 170 valence electrons. The van der Waals surface area contributed by atoms with Crippen LogP contribution in [0.1, 0.15) is 48.8 Å². The van der Waals surface area contributed by atoms with Crippen LogP contribution in [0.25, 0.3) is 11.4 Å². The van der Waals surface area contributed by atoms with E-state index in [1.54, 1.807) is 24.3 Å². The van der Waals surface area contributed by atoms with Crippen molar-refractivity contribution in [3.63, 3.8) is 0 Å². The molecule has 0 saturated carbocycles. The standard InChI is InChI=1S/C23H28N4O4S/c1-16(2)19-8-10-20(11-9-19)23-26-22(31-27-23)13-12-21(28)25-14-17-4-6-18(7-5-17)15-32(29,30)24-3/h4-11,16,24H,12-15H2,1-3H3,(H,25,28). The van der Waals surface area contributed by atoms with Gasteiger partial charge in [0, 0.05) is 24.9 Å². The van der Waals surface area contributed by atoms with Crippen LogP contribution in [-0.4, -0.2) is 31.5 Å². The SMILES string of the molecule is CNS(=O)(=O)Cc1ccc(CNC(=O)CCc2nc(-c3ccc(C(C)C)cc3)no2)cc1. The van der Waals surface area contributed by atoms with Crippen molar-refractivity contribution in [2.24, 2.45) is 0 Å². The lowest BCUT2D eigenvalue weighted by Gasteiger charge is -2.06. The second kappa shape index (κ2) is 10.5. The molecule has 0 saturated heterocycles. The lowest BCUT2D eigenvalue weighted by molar-refractivity contribution is -0.121. The fourth-order valence-electron chi connectivity index (χ4n) is 3.05. The average molecular weight is 457 g/mol. The first-order valence-corrected chi connectivity index (χ1v) is 12.1. The lowest BCUT2D eigenvalue weighted by atomic mass is 10.0. The van der Waals surface area contributed by atoms with Gasteiger partial charge < -0.3 is 9.84 Å². The van der Waals surface area contributed by atoms with Crippen molar-refractivity contribution >= 4 is 15.9 Å². The summed E-state index contributed by atoms with van der Waals surface area (Å²) in [6.07, 6.45) is 0.580. The monoisotopic (exact) mass is 456 g/mol. The van der Waals surface area contributed by atoms with E-state index in [9.17, 15) is 13.2 Å². The van der Waals surface area contributed by atoms with Crippen molar-refractivity contribution in [3.05, 3.63) is 71.1 Å². The van der Waals surface area contributed by atoms with Crippen molar-refractivity contribution in [1.29, 1.82) is 0 Å². The summed E-state index contributed by atoms with van der Waals surface area (Å²) in [5.74, 6) is 1.17. The summed E-state index contributed by atoms with van der Waals surface area (Å²) < 4.78 is 30.7. The second-order valence-corrected chi connectivity index (χ2v) is 9.77. The van der Waals surface area contributed by atoms with E-state index in [4.69, 9.17) is 4.52 Å². The van der Waals surface area contributed by atoms with Crippen LogP contribution >= 0.6 is 0 Å². The van der Waals surface area contributed by atoms with Gasteiger partial charge in [-0.1, -0.05) is 67.5 Å². The van der Waals surface area contributed by atoms with Gasteiger partial charge in [-0.05, 0) is 29.7 Å². The molecule has 0 aliphatic rings. The molecule has 3 rings (SSSR count). The van der Waals surface area contributed by atoms with Crippen molar-refractivity contribution in [2.45, 2.75) is 44.9 Å². The fraction of sp³-hybridized carbons (Fsp3) is 0.348. The summed E-state index contributed by atoms with van der Waals surface area (Å²) in [6, 6.07) is 15.1. The molecule has 0 aliphatic heterocycles. The van der Waals surface area contributed by atoms with E-state index in [0.29, 0.717) is 36.2 Å². The number of hydrogen-bond donors (Lipinski definition) is 2. The molecule has 1 aromatic heterocycles. The van der Waals surface area contributed by atoms with Crippen molar-refractivity contribution in [3.8, 4) is 11.4 Å². The Morgan fingerprint density at radius 3 is 2.31 bits per heavy atom. The quantitative estimate of drug-likeness (QED) is 0.484. The summed E-state index contributed by atoms with van der Waals surface area (Å²) >= 11 is 0. The molecule has 32 heavy (non-hydrogen) atoms. The molecule has 8 nitrogen and oxygen atoms in total. The molecule has 0 bridgehead atoms. The van der Waals surface area contributed by atoms with Gasteiger partial charge in [0.2, 0.25) is 27.6 Å². The topological polar surface area (TPSA) is 114 Å². The molecule has 2 aromatic carbocycles.